The molecule has 11 heavy (non-hydrogen) atoms. The third-order valence-corrected chi connectivity index (χ3v) is 1.33. The Morgan fingerprint density at radius 2 is 1.91 bits per heavy atom. The molecule has 0 saturated carbocycles. The molecule has 0 aromatic heterocycles. The zero-order chi connectivity index (χ0) is 8.27. The largest absolute Gasteiger partial charge is 0.303 e. The van der Waals surface area contributed by atoms with Gasteiger partial charge in [0.25, 0.3) is 0 Å². The number of nitrogens with two attached hydrogens (primary N) is 1. The number of nitroso groups, excluding NO2 is 1. The van der Waals surface area contributed by atoms with Crippen LogP contribution in [0.2, 0.25) is 0 Å². The van der Waals surface area contributed by atoms with E-state index in [0.717, 1.165) is 0 Å². The van der Waals surface area contributed by atoms with Crippen molar-refractivity contribution >= 4 is 0 Å². The van der Waals surface area contributed by atoms with Gasteiger partial charge in [-0.15, -0.1) is 4.91 Å². The Labute approximate surface area is 63.0 Å². The van der Waals surface area contributed by atoms with Crippen LogP contribution in [0, 0.1) is 10.7 Å². The summed E-state index contributed by atoms with van der Waals surface area (Å²) < 4.78 is 12.3. The SMILES string of the molecule is N[C@@H](N=O)c1ccc(F)cc1. The number of rotatable bonds is 2. The summed E-state index contributed by atoms with van der Waals surface area (Å²) in [6.45, 7) is 0. The molecule has 3 nitrogen and oxygen atoms in total. The van der Waals surface area contributed by atoms with Crippen LogP contribution in [0.5, 0.6) is 0 Å². The minimum atomic E-state index is -0.893. The van der Waals surface area contributed by atoms with E-state index in [9.17, 15) is 9.30 Å². The molecule has 1 aromatic carbocycles. The lowest BCUT2D eigenvalue weighted by Crippen LogP contribution is -2.05. The van der Waals surface area contributed by atoms with Gasteiger partial charge in [0.05, 0.1) is 0 Å². The summed E-state index contributed by atoms with van der Waals surface area (Å²) in [6, 6.07) is 5.34. The van der Waals surface area contributed by atoms with Crippen LogP contribution in [-0.4, -0.2) is 0 Å². The van der Waals surface area contributed by atoms with Gasteiger partial charge < -0.3 is 5.73 Å². The van der Waals surface area contributed by atoms with Crippen molar-refractivity contribution < 1.29 is 4.39 Å². The maximum absolute atomic E-state index is 12.3. The van der Waals surface area contributed by atoms with E-state index in [1.54, 1.807) is 0 Å². The maximum atomic E-state index is 12.3. The highest BCUT2D eigenvalue weighted by Crippen LogP contribution is 2.10. The Balaban J connectivity index is 2.89. The lowest BCUT2D eigenvalue weighted by atomic mass is 10.2. The molecule has 0 saturated heterocycles. The zero-order valence-electron chi connectivity index (χ0n) is 5.70. The number of halogens is 1. The third-order valence-electron chi connectivity index (χ3n) is 1.33. The van der Waals surface area contributed by atoms with Crippen LogP contribution in [0.1, 0.15) is 11.7 Å². The van der Waals surface area contributed by atoms with Gasteiger partial charge in [0, 0.05) is 0 Å². The molecule has 1 atom stereocenters. The van der Waals surface area contributed by atoms with Gasteiger partial charge in [-0.2, -0.15) is 0 Å². The van der Waals surface area contributed by atoms with E-state index >= 15 is 0 Å². The van der Waals surface area contributed by atoms with Gasteiger partial charge in [-0.05, 0) is 22.9 Å². The normalized spacial score (nSPS) is 12.5. The van der Waals surface area contributed by atoms with Crippen molar-refractivity contribution in [3.05, 3.63) is 40.6 Å². The van der Waals surface area contributed by atoms with Crippen molar-refractivity contribution in [3.8, 4) is 0 Å². The standard InChI is InChI=1S/C7H7FN2O/c8-6-3-1-5(2-4-6)7(9)10-11/h1-4,7H,9H2/t7-/m0/s1. The fraction of sp³-hybridized carbons (Fsp3) is 0.143. The van der Waals surface area contributed by atoms with Crippen LogP contribution in [-0.2, 0) is 0 Å². The van der Waals surface area contributed by atoms with Gasteiger partial charge in [0.2, 0.25) is 0 Å². The Hall–Kier alpha value is -1.29. The van der Waals surface area contributed by atoms with Crippen molar-refractivity contribution in [2.24, 2.45) is 10.9 Å². The molecule has 2 N–H and O–H groups in total. The second kappa shape index (κ2) is 3.21. The molecule has 0 heterocycles. The summed E-state index contributed by atoms with van der Waals surface area (Å²) in [5, 5.41) is 2.59. The molecule has 0 bridgehead atoms. The second-order valence-electron chi connectivity index (χ2n) is 2.10. The molecular formula is C7H7FN2O. The molecule has 0 aliphatic heterocycles. The highest BCUT2D eigenvalue weighted by molar-refractivity contribution is 5.18. The van der Waals surface area contributed by atoms with E-state index < -0.39 is 6.17 Å². The molecule has 58 valence electrons. The van der Waals surface area contributed by atoms with Crippen molar-refractivity contribution in [1.82, 2.24) is 0 Å². The van der Waals surface area contributed by atoms with Crippen LogP contribution < -0.4 is 5.73 Å². The Morgan fingerprint density at radius 1 is 1.36 bits per heavy atom. The molecule has 0 unspecified atom stereocenters. The second-order valence-corrected chi connectivity index (χ2v) is 2.10. The van der Waals surface area contributed by atoms with Crippen LogP contribution in [0.25, 0.3) is 0 Å². The fourth-order valence-corrected chi connectivity index (χ4v) is 0.721. The van der Waals surface area contributed by atoms with Crippen LogP contribution in [0.3, 0.4) is 0 Å². The van der Waals surface area contributed by atoms with E-state index in [1.807, 2.05) is 0 Å². The van der Waals surface area contributed by atoms with E-state index in [4.69, 9.17) is 5.73 Å². The van der Waals surface area contributed by atoms with Gasteiger partial charge in [0.15, 0.2) is 6.17 Å². The summed E-state index contributed by atoms with van der Waals surface area (Å²) in [7, 11) is 0. The zero-order valence-corrected chi connectivity index (χ0v) is 5.70. The minimum absolute atomic E-state index is 0.355. The number of hydrogen-bond acceptors (Lipinski definition) is 3. The fourth-order valence-electron chi connectivity index (χ4n) is 0.721. The van der Waals surface area contributed by atoms with Gasteiger partial charge >= 0.3 is 0 Å². The predicted octanol–water partition coefficient (Wildman–Crippen LogP) is 1.55. The third kappa shape index (κ3) is 1.81. The first-order chi connectivity index (χ1) is 5.24. The van der Waals surface area contributed by atoms with Gasteiger partial charge in [-0.25, -0.2) is 4.39 Å². The van der Waals surface area contributed by atoms with Crippen molar-refractivity contribution in [1.29, 1.82) is 0 Å². The molecule has 4 heteroatoms. The first kappa shape index (κ1) is 7.81. The molecule has 0 aliphatic rings. The topological polar surface area (TPSA) is 55.4 Å². The quantitative estimate of drug-likeness (QED) is 0.657. The maximum Gasteiger partial charge on any atom is 0.165 e. The molecule has 0 amide bonds. The Bertz CT molecular complexity index is 247. The molecule has 1 rings (SSSR count). The molecule has 0 aliphatic carbocycles. The Morgan fingerprint density at radius 3 is 2.36 bits per heavy atom. The lowest BCUT2D eigenvalue weighted by molar-refractivity contribution is 0.625. The first-order valence-corrected chi connectivity index (χ1v) is 3.07. The molecular weight excluding hydrogens is 147 g/mol. The Kier molecular flexibility index (Phi) is 2.28. The van der Waals surface area contributed by atoms with E-state index in [1.165, 1.54) is 24.3 Å². The van der Waals surface area contributed by atoms with Gasteiger partial charge in [-0.3, -0.25) is 0 Å². The molecule has 0 fully saturated rings. The summed E-state index contributed by atoms with van der Waals surface area (Å²) in [6.07, 6.45) is -0.893. The lowest BCUT2D eigenvalue weighted by Gasteiger charge is -2.00. The number of benzene rings is 1. The summed E-state index contributed by atoms with van der Waals surface area (Å²) in [5.74, 6) is -0.355. The minimum Gasteiger partial charge on any atom is -0.303 e. The highest BCUT2D eigenvalue weighted by Gasteiger charge is 2.03. The number of nitrogens with zero attached hydrogens (tertiary/aromatic N) is 1. The summed E-state index contributed by atoms with van der Waals surface area (Å²) in [4.78, 5) is 9.92. The number of hydrogen-bond donors (Lipinski definition) is 1. The van der Waals surface area contributed by atoms with Gasteiger partial charge in [0.1, 0.15) is 5.82 Å². The predicted molar refractivity (Wildman–Crippen MR) is 39.1 cm³/mol. The smallest absolute Gasteiger partial charge is 0.165 e. The van der Waals surface area contributed by atoms with E-state index in [0.29, 0.717) is 5.56 Å². The average molecular weight is 154 g/mol. The monoisotopic (exact) mass is 154 g/mol. The van der Waals surface area contributed by atoms with Crippen molar-refractivity contribution in [2.45, 2.75) is 6.17 Å². The van der Waals surface area contributed by atoms with Crippen LogP contribution in [0.15, 0.2) is 29.4 Å². The average Bonchev–Trinajstić information content (AvgIpc) is 2.05. The van der Waals surface area contributed by atoms with Crippen molar-refractivity contribution in [3.63, 3.8) is 0 Å². The van der Waals surface area contributed by atoms with E-state index in [-0.39, 0.29) is 5.82 Å². The van der Waals surface area contributed by atoms with Crippen LogP contribution >= 0.6 is 0 Å². The first-order valence-electron chi connectivity index (χ1n) is 3.07. The highest BCUT2D eigenvalue weighted by atomic mass is 19.1. The molecule has 0 radical (unpaired) electrons. The van der Waals surface area contributed by atoms with Gasteiger partial charge in [-0.1, -0.05) is 12.1 Å². The summed E-state index contributed by atoms with van der Waals surface area (Å²) >= 11 is 0. The van der Waals surface area contributed by atoms with Crippen LogP contribution in [0.4, 0.5) is 4.39 Å². The molecule has 0 spiro atoms. The van der Waals surface area contributed by atoms with E-state index in [2.05, 4.69) is 5.18 Å². The summed E-state index contributed by atoms with van der Waals surface area (Å²) in [5.41, 5.74) is 5.76. The molecule has 1 aromatic rings. The van der Waals surface area contributed by atoms with Crippen molar-refractivity contribution in [2.75, 3.05) is 0 Å².